The molecule has 1 atom stereocenters. The number of rotatable bonds is 7. The van der Waals surface area contributed by atoms with Crippen LogP contribution >= 0.6 is 11.6 Å². The second kappa shape index (κ2) is 9.06. The zero-order valence-corrected chi connectivity index (χ0v) is 17.9. The number of benzene rings is 2. The van der Waals surface area contributed by atoms with Crippen LogP contribution in [0.3, 0.4) is 0 Å². The number of aromatic nitrogens is 2. The van der Waals surface area contributed by atoms with Gasteiger partial charge in [0, 0.05) is 31.6 Å². The maximum atomic E-state index is 12.6. The highest BCUT2D eigenvalue weighted by atomic mass is 35.5. The van der Waals surface area contributed by atoms with E-state index in [9.17, 15) is 9.59 Å². The zero-order valence-electron chi connectivity index (χ0n) is 17.2. The first kappa shape index (κ1) is 20.7. The fourth-order valence-electron chi connectivity index (χ4n) is 4.33. The second-order valence-electron chi connectivity index (χ2n) is 7.82. The standard InChI is InChI=1S/C23H27ClN4O2/c1-26-19-10-4-5-11-20(19)28(23(26)30)15-12-22(29)25-16-21(27-13-6-7-14-27)17-8-2-3-9-18(17)24/h2-5,8-11,21H,6-7,12-16H2,1H3,(H,25,29). The topological polar surface area (TPSA) is 59.3 Å². The first-order valence-corrected chi connectivity index (χ1v) is 10.8. The van der Waals surface area contributed by atoms with Crippen molar-refractivity contribution in [3.63, 3.8) is 0 Å². The summed E-state index contributed by atoms with van der Waals surface area (Å²) in [5.74, 6) is -0.0638. The Morgan fingerprint density at radius 1 is 1.07 bits per heavy atom. The molecule has 0 aliphatic carbocycles. The molecule has 1 N–H and O–H groups in total. The minimum atomic E-state index is -0.102. The van der Waals surface area contributed by atoms with Gasteiger partial charge in [-0.2, -0.15) is 0 Å². The molecule has 1 aliphatic rings. The minimum Gasteiger partial charge on any atom is -0.354 e. The summed E-state index contributed by atoms with van der Waals surface area (Å²) in [5, 5.41) is 3.80. The first-order chi connectivity index (χ1) is 14.6. The molecule has 3 aromatic rings. The van der Waals surface area contributed by atoms with E-state index in [1.165, 1.54) is 12.8 Å². The number of fused-ring (bicyclic) bond motifs is 1. The largest absolute Gasteiger partial charge is 0.354 e. The fourth-order valence-corrected chi connectivity index (χ4v) is 4.59. The summed E-state index contributed by atoms with van der Waals surface area (Å²) in [7, 11) is 1.76. The maximum absolute atomic E-state index is 12.6. The number of aryl methyl sites for hydroxylation is 2. The number of amides is 1. The molecule has 4 rings (SSSR count). The van der Waals surface area contributed by atoms with Crippen molar-refractivity contribution < 1.29 is 4.79 Å². The summed E-state index contributed by atoms with van der Waals surface area (Å²) < 4.78 is 3.29. The molecule has 158 valence electrons. The van der Waals surface area contributed by atoms with Crippen molar-refractivity contribution in [3.05, 3.63) is 69.6 Å². The van der Waals surface area contributed by atoms with Gasteiger partial charge >= 0.3 is 5.69 Å². The van der Waals surface area contributed by atoms with E-state index in [0.29, 0.717) is 13.1 Å². The third kappa shape index (κ3) is 4.16. The number of carbonyl (C=O) groups excluding carboxylic acids is 1. The molecule has 7 heteroatoms. The van der Waals surface area contributed by atoms with Gasteiger partial charge in [0.15, 0.2) is 0 Å². The van der Waals surface area contributed by atoms with Gasteiger partial charge in [0.2, 0.25) is 5.91 Å². The van der Waals surface area contributed by atoms with Gasteiger partial charge in [-0.1, -0.05) is 41.9 Å². The number of para-hydroxylation sites is 2. The summed E-state index contributed by atoms with van der Waals surface area (Å²) in [6.07, 6.45) is 2.58. The Balaban J connectivity index is 1.43. The summed E-state index contributed by atoms with van der Waals surface area (Å²) in [5.41, 5.74) is 2.67. The Hall–Kier alpha value is -2.57. The van der Waals surface area contributed by atoms with Gasteiger partial charge in [-0.15, -0.1) is 0 Å². The number of halogens is 1. The summed E-state index contributed by atoms with van der Waals surface area (Å²) >= 11 is 6.45. The minimum absolute atomic E-state index is 0.0606. The van der Waals surface area contributed by atoms with Crippen LogP contribution in [-0.2, 0) is 18.4 Å². The number of nitrogens with one attached hydrogen (secondary N) is 1. The lowest BCUT2D eigenvalue weighted by atomic mass is 10.1. The van der Waals surface area contributed by atoms with Crippen molar-refractivity contribution in [3.8, 4) is 0 Å². The number of likely N-dealkylation sites (tertiary alicyclic amines) is 1. The van der Waals surface area contributed by atoms with E-state index in [0.717, 1.165) is 34.7 Å². The first-order valence-electron chi connectivity index (χ1n) is 10.5. The van der Waals surface area contributed by atoms with Crippen molar-refractivity contribution in [1.29, 1.82) is 0 Å². The van der Waals surface area contributed by atoms with Crippen LogP contribution in [0, 0.1) is 0 Å². The number of nitrogens with zero attached hydrogens (tertiary/aromatic N) is 3. The van der Waals surface area contributed by atoms with Gasteiger partial charge < -0.3 is 5.32 Å². The normalized spacial score (nSPS) is 15.5. The van der Waals surface area contributed by atoms with Crippen molar-refractivity contribution in [1.82, 2.24) is 19.4 Å². The van der Waals surface area contributed by atoms with E-state index in [1.807, 2.05) is 48.5 Å². The summed E-state index contributed by atoms with van der Waals surface area (Å²) in [6.45, 7) is 2.88. The molecular weight excluding hydrogens is 400 g/mol. The van der Waals surface area contributed by atoms with Crippen molar-refractivity contribution in [2.45, 2.75) is 31.8 Å². The highest BCUT2D eigenvalue weighted by molar-refractivity contribution is 6.31. The van der Waals surface area contributed by atoms with Gasteiger partial charge in [0.05, 0.1) is 17.1 Å². The van der Waals surface area contributed by atoms with E-state index in [-0.39, 0.29) is 24.1 Å². The monoisotopic (exact) mass is 426 g/mol. The van der Waals surface area contributed by atoms with Gasteiger partial charge in [0.1, 0.15) is 0 Å². The molecular formula is C23H27ClN4O2. The van der Waals surface area contributed by atoms with Crippen molar-refractivity contribution in [2.24, 2.45) is 7.05 Å². The van der Waals surface area contributed by atoms with Crippen molar-refractivity contribution >= 4 is 28.5 Å². The van der Waals surface area contributed by atoms with E-state index < -0.39 is 0 Å². The average Bonchev–Trinajstić information content (AvgIpc) is 3.36. The molecule has 0 bridgehead atoms. The predicted molar refractivity (Wildman–Crippen MR) is 120 cm³/mol. The number of hydrogen-bond donors (Lipinski definition) is 1. The summed E-state index contributed by atoms with van der Waals surface area (Å²) in [4.78, 5) is 27.5. The number of imidazole rings is 1. The lowest BCUT2D eigenvalue weighted by Crippen LogP contribution is -2.37. The molecule has 1 amide bonds. The highest BCUT2D eigenvalue weighted by Gasteiger charge is 2.25. The smallest absolute Gasteiger partial charge is 0.328 e. The molecule has 1 unspecified atom stereocenters. The Kier molecular flexibility index (Phi) is 6.25. The van der Waals surface area contributed by atoms with Crippen LogP contribution in [0.1, 0.15) is 30.9 Å². The molecule has 0 saturated carbocycles. The predicted octanol–water partition coefficient (Wildman–Crippen LogP) is 3.34. The SMILES string of the molecule is Cn1c(=O)n(CCC(=O)NCC(c2ccccc2Cl)N2CCCC2)c2ccccc21. The Morgan fingerprint density at radius 3 is 2.47 bits per heavy atom. The van der Waals surface area contributed by atoms with Gasteiger partial charge in [-0.25, -0.2) is 4.79 Å². The molecule has 0 radical (unpaired) electrons. The van der Waals surface area contributed by atoms with Crippen LogP contribution in [0.2, 0.25) is 5.02 Å². The Morgan fingerprint density at radius 2 is 1.73 bits per heavy atom. The van der Waals surface area contributed by atoms with E-state index in [2.05, 4.69) is 10.2 Å². The number of carbonyl (C=O) groups is 1. The molecule has 6 nitrogen and oxygen atoms in total. The van der Waals surface area contributed by atoms with E-state index in [1.54, 1.807) is 16.2 Å². The third-order valence-corrected chi connectivity index (χ3v) is 6.30. The van der Waals surface area contributed by atoms with Gasteiger partial charge in [-0.05, 0) is 49.7 Å². The molecule has 1 aromatic heterocycles. The van der Waals surface area contributed by atoms with Crippen LogP contribution in [0.5, 0.6) is 0 Å². The number of hydrogen-bond acceptors (Lipinski definition) is 3. The quantitative estimate of drug-likeness (QED) is 0.630. The third-order valence-electron chi connectivity index (χ3n) is 5.95. The molecule has 1 saturated heterocycles. The van der Waals surface area contributed by atoms with Gasteiger partial charge in [0.25, 0.3) is 0 Å². The molecule has 0 spiro atoms. The highest BCUT2D eigenvalue weighted by Crippen LogP contribution is 2.29. The van der Waals surface area contributed by atoms with Gasteiger partial charge in [-0.3, -0.25) is 18.8 Å². The van der Waals surface area contributed by atoms with Crippen LogP contribution in [0.15, 0.2) is 53.3 Å². The van der Waals surface area contributed by atoms with Crippen LogP contribution < -0.4 is 11.0 Å². The zero-order chi connectivity index (χ0) is 21.1. The van der Waals surface area contributed by atoms with Crippen molar-refractivity contribution in [2.75, 3.05) is 19.6 Å². The lowest BCUT2D eigenvalue weighted by Gasteiger charge is -2.29. The molecule has 1 aliphatic heterocycles. The van der Waals surface area contributed by atoms with E-state index >= 15 is 0 Å². The average molecular weight is 427 g/mol. The Bertz CT molecular complexity index is 1100. The van der Waals surface area contributed by atoms with Crippen LogP contribution in [0.25, 0.3) is 11.0 Å². The maximum Gasteiger partial charge on any atom is 0.328 e. The van der Waals surface area contributed by atoms with E-state index in [4.69, 9.17) is 11.6 Å². The Labute approximate surface area is 181 Å². The molecule has 30 heavy (non-hydrogen) atoms. The fraction of sp³-hybridized carbons (Fsp3) is 0.391. The molecule has 2 heterocycles. The molecule has 2 aromatic carbocycles. The summed E-state index contributed by atoms with van der Waals surface area (Å²) in [6, 6.07) is 15.5. The molecule has 1 fully saturated rings. The van der Waals surface area contributed by atoms with Crippen LogP contribution in [-0.4, -0.2) is 39.6 Å². The second-order valence-corrected chi connectivity index (χ2v) is 8.22. The van der Waals surface area contributed by atoms with Crippen LogP contribution in [0.4, 0.5) is 0 Å². The lowest BCUT2D eigenvalue weighted by molar-refractivity contribution is -0.121.